The summed E-state index contributed by atoms with van der Waals surface area (Å²) in [5.74, 6) is 0.299. The Morgan fingerprint density at radius 1 is 1.80 bits per heavy atom. The van der Waals surface area contributed by atoms with Crippen LogP contribution in [0, 0.1) is 0 Å². The number of nitrogens with zero attached hydrogens (tertiary/aromatic N) is 1. The van der Waals surface area contributed by atoms with Crippen molar-refractivity contribution in [2.24, 2.45) is 5.73 Å². The van der Waals surface area contributed by atoms with Gasteiger partial charge in [0.1, 0.15) is 0 Å². The summed E-state index contributed by atoms with van der Waals surface area (Å²) in [5, 5.41) is 0.970. The summed E-state index contributed by atoms with van der Waals surface area (Å²) in [6, 6.07) is 0. The number of thioether (sulfide) groups is 1. The number of fused-ring (bicyclic) bond motifs is 1. The van der Waals surface area contributed by atoms with Gasteiger partial charge in [-0.15, -0.1) is 11.8 Å². The summed E-state index contributed by atoms with van der Waals surface area (Å²) in [7, 11) is 0. The van der Waals surface area contributed by atoms with E-state index in [1.54, 1.807) is 0 Å². The molecule has 2 aliphatic rings. The van der Waals surface area contributed by atoms with E-state index < -0.39 is 0 Å². The lowest BCUT2D eigenvalue weighted by atomic mass is 10.2. The minimum absolute atomic E-state index is 0.299. The van der Waals surface area contributed by atoms with Crippen LogP contribution in [0.4, 0.5) is 0 Å². The van der Waals surface area contributed by atoms with Crippen molar-refractivity contribution in [3.63, 3.8) is 0 Å². The van der Waals surface area contributed by atoms with Crippen molar-refractivity contribution in [1.82, 2.24) is 4.90 Å². The van der Waals surface area contributed by atoms with Gasteiger partial charge in [-0.3, -0.25) is 4.79 Å². The molecule has 0 bridgehead atoms. The summed E-state index contributed by atoms with van der Waals surface area (Å²) in [6.07, 6.45) is 0.737. The highest BCUT2D eigenvalue weighted by Gasteiger charge is 2.43. The average Bonchev–Trinajstić information content (AvgIpc) is 2.26. The van der Waals surface area contributed by atoms with Crippen LogP contribution in [-0.2, 0) is 4.79 Å². The molecular weight excluding hydrogens is 148 g/mol. The van der Waals surface area contributed by atoms with Crippen LogP contribution in [-0.4, -0.2) is 34.5 Å². The zero-order chi connectivity index (χ0) is 7.14. The number of nitrogens with two attached hydrogens (primary N) is 1. The molecule has 0 aromatic rings. The fourth-order valence-electron chi connectivity index (χ4n) is 1.38. The van der Waals surface area contributed by atoms with Crippen molar-refractivity contribution in [3.8, 4) is 0 Å². The fraction of sp³-hybridized carbons (Fsp3) is 0.833. The fourth-order valence-corrected chi connectivity index (χ4v) is 2.77. The first-order chi connectivity index (χ1) is 4.81. The zero-order valence-corrected chi connectivity index (χ0v) is 6.43. The molecule has 1 unspecified atom stereocenters. The second-order valence-corrected chi connectivity index (χ2v) is 4.18. The van der Waals surface area contributed by atoms with Gasteiger partial charge in [0.2, 0.25) is 5.91 Å². The molecule has 4 heteroatoms. The van der Waals surface area contributed by atoms with Gasteiger partial charge >= 0.3 is 0 Å². The Hall–Kier alpha value is -0.220. The van der Waals surface area contributed by atoms with E-state index in [1.165, 1.54) is 0 Å². The van der Waals surface area contributed by atoms with Crippen LogP contribution >= 0.6 is 11.8 Å². The first kappa shape index (κ1) is 6.49. The number of rotatable bonds is 1. The topological polar surface area (TPSA) is 46.3 Å². The molecule has 2 saturated heterocycles. The van der Waals surface area contributed by atoms with Crippen LogP contribution in [0.3, 0.4) is 0 Å². The van der Waals surface area contributed by atoms with Gasteiger partial charge in [0.25, 0.3) is 0 Å². The van der Waals surface area contributed by atoms with Gasteiger partial charge in [-0.2, -0.15) is 0 Å². The van der Waals surface area contributed by atoms with Crippen LogP contribution in [0.25, 0.3) is 0 Å². The quantitative estimate of drug-likeness (QED) is 0.529. The lowest BCUT2D eigenvalue weighted by Gasteiger charge is -2.32. The largest absolute Gasteiger partial charge is 0.329 e. The first-order valence-electron chi connectivity index (χ1n) is 3.46. The van der Waals surface area contributed by atoms with Crippen LogP contribution < -0.4 is 5.73 Å². The van der Waals surface area contributed by atoms with E-state index in [-0.39, 0.29) is 0 Å². The maximum absolute atomic E-state index is 10.8. The van der Waals surface area contributed by atoms with Crippen LogP contribution in [0.15, 0.2) is 0 Å². The minimum Gasteiger partial charge on any atom is -0.329 e. The third kappa shape index (κ3) is 0.754. The molecule has 0 aromatic heterocycles. The van der Waals surface area contributed by atoms with E-state index >= 15 is 0 Å². The third-order valence-electron chi connectivity index (χ3n) is 2.03. The maximum Gasteiger partial charge on any atom is 0.226 e. The predicted molar refractivity (Wildman–Crippen MR) is 40.6 cm³/mol. The highest BCUT2D eigenvalue weighted by molar-refractivity contribution is 8.00. The Balaban J connectivity index is 1.99. The molecule has 2 fully saturated rings. The van der Waals surface area contributed by atoms with Crippen LogP contribution in [0.5, 0.6) is 0 Å². The van der Waals surface area contributed by atoms with E-state index in [2.05, 4.69) is 0 Å². The number of hydrogen-bond acceptors (Lipinski definition) is 3. The predicted octanol–water partition coefficient (Wildman–Crippen LogP) is -0.381. The summed E-state index contributed by atoms with van der Waals surface area (Å²) in [5.41, 5.74) is 5.47. The Labute approximate surface area is 63.9 Å². The number of carbonyl (C=O) groups excluding carboxylic acids is 1. The molecule has 2 N–H and O–H groups in total. The SMILES string of the molecule is NCC1CN2C(=O)C[C@H]2S1. The molecule has 0 radical (unpaired) electrons. The molecular formula is C6H10N2OS. The van der Waals surface area contributed by atoms with Crippen molar-refractivity contribution in [3.05, 3.63) is 0 Å². The summed E-state index contributed by atoms with van der Waals surface area (Å²) >= 11 is 1.84. The molecule has 2 aliphatic heterocycles. The van der Waals surface area contributed by atoms with Gasteiger partial charge in [-0.1, -0.05) is 0 Å². The van der Waals surface area contributed by atoms with E-state index in [1.807, 2.05) is 16.7 Å². The van der Waals surface area contributed by atoms with Gasteiger partial charge in [0.15, 0.2) is 0 Å². The normalized spacial score (nSPS) is 37.7. The van der Waals surface area contributed by atoms with Crippen molar-refractivity contribution < 1.29 is 4.79 Å². The lowest BCUT2D eigenvalue weighted by Crippen LogP contribution is -2.47. The maximum atomic E-state index is 10.8. The molecule has 2 heterocycles. The van der Waals surface area contributed by atoms with E-state index in [9.17, 15) is 4.79 Å². The van der Waals surface area contributed by atoms with Crippen LogP contribution in [0.1, 0.15) is 6.42 Å². The number of hydrogen-bond donors (Lipinski definition) is 1. The lowest BCUT2D eigenvalue weighted by molar-refractivity contribution is -0.140. The van der Waals surface area contributed by atoms with E-state index in [0.29, 0.717) is 23.1 Å². The minimum atomic E-state index is 0.299. The number of amides is 1. The van der Waals surface area contributed by atoms with Gasteiger partial charge < -0.3 is 10.6 Å². The monoisotopic (exact) mass is 158 g/mol. The smallest absolute Gasteiger partial charge is 0.226 e. The Kier molecular flexibility index (Phi) is 1.38. The molecule has 0 aromatic carbocycles. The van der Waals surface area contributed by atoms with Crippen molar-refractivity contribution in [2.75, 3.05) is 13.1 Å². The second kappa shape index (κ2) is 2.13. The highest BCUT2D eigenvalue weighted by atomic mass is 32.2. The van der Waals surface area contributed by atoms with E-state index in [0.717, 1.165) is 13.0 Å². The zero-order valence-electron chi connectivity index (χ0n) is 5.62. The summed E-state index contributed by atoms with van der Waals surface area (Å²) in [4.78, 5) is 12.8. The van der Waals surface area contributed by atoms with Crippen LogP contribution in [0.2, 0.25) is 0 Å². The molecule has 10 heavy (non-hydrogen) atoms. The van der Waals surface area contributed by atoms with Crippen molar-refractivity contribution in [2.45, 2.75) is 17.0 Å². The van der Waals surface area contributed by atoms with Gasteiger partial charge in [-0.05, 0) is 0 Å². The average molecular weight is 158 g/mol. The first-order valence-corrected chi connectivity index (χ1v) is 4.40. The van der Waals surface area contributed by atoms with Gasteiger partial charge in [0.05, 0.1) is 11.8 Å². The molecule has 0 spiro atoms. The summed E-state index contributed by atoms with van der Waals surface area (Å²) in [6.45, 7) is 1.58. The van der Waals surface area contributed by atoms with Gasteiger partial charge in [-0.25, -0.2) is 0 Å². The molecule has 2 atom stereocenters. The van der Waals surface area contributed by atoms with Crippen molar-refractivity contribution >= 4 is 17.7 Å². The molecule has 0 saturated carbocycles. The Morgan fingerprint density at radius 2 is 2.60 bits per heavy atom. The molecule has 2 rings (SSSR count). The molecule has 56 valence electrons. The molecule has 1 amide bonds. The van der Waals surface area contributed by atoms with Gasteiger partial charge in [0, 0.05) is 18.3 Å². The number of carbonyl (C=O) groups is 1. The van der Waals surface area contributed by atoms with Crippen molar-refractivity contribution in [1.29, 1.82) is 0 Å². The highest BCUT2D eigenvalue weighted by Crippen LogP contribution is 2.38. The number of β-lactam (4-membered cyclic amide) rings is 1. The summed E-state index contributed by atoms with van der Waals surface area (Å²) < 4.78 is 0. The third-order valence-corrected chi connectivity index (χ3v) is 3.49. The Bertz CT molecular complexity index is 173. The molecule has 3 nitrogen and oxygen atoms in total. The second-order valence-electron chi connectivity index (χ2n) is 2.70. The van der Waals surface area contributed by atoms with E-state index in [4.69, 9.17) is 5.73 Å². The standard InChI is InChI=1S/C6H10N2OS/c7-2-4-3-8-5(9)1-6(8)10-4/h4,6H,1-3,7H2/t4?,6-/m1/s1. The molecule has 0 aliphatic carbocycles. The Morgan fingerprint density at radius 3 is 3.10 bits per heavy atom.